The summed E-state index contributed by atoms with van der Waals surface area (Å²) in [4.78, 5) is 19.3. The zero-order valence-electron chi connectivity index (χ0n) is 19.9. The first-order chi connectivity index (χ1) is 17.1. The lowest BCUT2D eigenvalue weighted by atomic mass is 9.90. The van der Waals surface area contributed by atoms with Crippen molar-refractivity contribution in [2.45, 2.75) is 10.8 Å². The number of anilines is 1. The number of ether oxygens (including phenoxy) is 2. The molecule has 7 heteroatoms. The van der Waals surface area contributed by atoms with Crippen molar-refractivity contribution in [2.75, 3.05) is 44.5 Å². The zero-order chi connectivity index (χ0) is 24.2. The number of aromatic nitrogens is 1. The van der Waals surface area contributed by atoms with E-state index in [-0.39, 0.29) is 11.8 Å². The molecule has 0 saturated carbocycles. The summed E-state index contributed by atoms with van der Waals surface area (Å²) in [6.07, 6.45) is 2.06. The molecule has 0 fully saturated rings. The van der Waals surface area contributed by atoms with Gasteiger partial charge >= 0.3 is 0 Å². The third-order valence-electron chi connectivity index (χ3n) is 6.20. The van der Waals surface area contributed by atoms with Crippen LogP contribution in [0, 0.1) is 0 Å². The lowest BCUT2D eigenvalue weighted by molar-refractivity contribution is -0.118. The molecule has 5 rings (SSSR count). The van der Waals surface area contributed by atoms with Gasteiger partial charge in [0, 0.05) is 54.2 Å². The number of benzene rings is 3. The van der Waals surface area contributed by atoms with E-state index in [0.29, 0.717) is 25.5 Å². The predicted molar refractivity (Wildman–Crippen MR) is 142 cm³/mol. The van der Waals surface area contributed by atoms with Gasteiger partial charge in [-0.1, -0.05) is 30.3 Å². The van der Waals surface area contributed by atoms with E-state index in [4.69, 9.17) is 9.47 Å². The Hall–Kier alpha value is -3.58. The average Bonchev–Trinajstić information content (AvgIpc) is 3.32. The fraction of sp³-hybridized carbons (Fsp3) is 0.250. The van der Waals surface area contributed by atoms with Crippen LogP contribution in [-0.2, 0) is 4.79 Å². The molecule has 3 aromatic carbocycles. The van der Waals surface area contributed by atoms with Gasteiger partial charge < -0.3 is 24.7 Å². The molecule has 4 aromatic rings. The van der Waals surface area contributed by atoms with Crippen LogP contribution in [0.3, 0.4) is 0 Å². The van der Waals surface area contributed by atoms with Gasteiger partial charge in [0.25, 0.3) is 0 Å². The number of carbonyl (C=O) groups excluding carboxylic acids is 1. The number of nitrogens with zero attached hydrogens (tertiary/aromatic N) is 1. The third kappa shape index (κ3) is 5.25. The van der Waals surface area contributed by atoms with E-state index in [0.717, 1.165) is 27.6 Å². The van der Waals surface area contributed by atoms with Gasteiger partial charge in [-0.25, -0.2) is 0 Å². The Kier molecular flexibility index (Phi) is 6.86. The molecule has 0 saturated heterocycles. The van der Waals surface area contributed by atoms with E-state index in [1.807, 2.05) is 38.4 Å². The minimum Gasteiger partial charge on any atom is -0.486 e. The van der Waals surface area contributed by atoms with E-state index in [1.165, 1.54) is 28.3 Å². The van der Waals surface area contributed by atoms with Crippen LogP contribution in [0.25, 0.3) is 10.9 Å². The van der Waals surface area contributed by atoms with Crippen LogP contribution in [0.1, 0.15) is 17.0 Å². The number of thioether (sulfide) groups is 1. The Balaban J connectivity index is 1.29. The number of carbonyl (C=O) groups is 1. The van der Waals surface area contributed by atoms with E-state index in [9.17, 15) is 4.79 Å². The molecular weight excluding hydrogens is 458 g/mol. The van der Waals surface area contributed by atoms with E-state index in [1.54, 1.807) is 0 Å². The van der Waals surface area contributed by atoms with Crippen LogP contribution in [-0.4, -0.2) is 50.5 Å². The van der Waals surface area contributed by atoms with Crippen molar-refractivity contribution in [3.05, 3.63) is 84.1 Å². The van der Waals surface area contributed by atoms with Gasteiger partial charge in [-0.15, -0.1) is 11.8 Å². The lowest BCUT2D eigenvalue weighted by Crippen LogP contribution is -2.30. The maximum atomic E-state index is 12.8. The van der Waals surface area contributed by atoms with Crippen molar-refractivity contribution in [3.8, 4) is 11.5 Å². The fourth-order valence-corrected chi connectivity index (χ4v) is 5.08. The predicted octanol–water partition coefficient (Wildman–Crippen LogP) is 5.05. The van der Waals surface area contributed by atoms with Crippen LogP contribution >= 0.6 is 11.8 Å². The van der Waals surface area contributed by atoms with E-state index < -0.39 is 0 Å². The molecule has 2 heterocycles. The van der Waals surface area contributed by atoms with Gasteiger partial charge in [-0.05, 0) is 47.5 Å². The first kappa shape index (κ1) is 23.2. The molecule has 1 amide bonds. The molecule has 6 nitrogen and oxygen atoms in total. The molecule has 1 unspecified atom stereocenters. The monoisotopic (exact) mass is 487 g/mol. The van der Waals surface area contributed by atoms with Crippen molar-refractivity contribution >= 4 is 34.3 Å². The van der Waals surface area contributed by atoms with Crippen molar-refractivity contribution in [2.24, 2.45) is 0 Å². The topological polar surface area (TPSA) is 66.6 Å². The zero-order valence-corrected chi connectivity index (χ0v) is 20.7. The fourth-order valence-electron chi connectivity index (χ4n) is 4.32. The molecule has 1 atom stereocenters. The number of fused-ring (bicyclic) bond motifs is 2. The highest BCUT2D eigenvalue weighted by atomic mass is 32.2. The Morgan fingerprint density at radius 2 is 1.80 bits per heavy atom. The third-order valence-corrected chi connectivity index (χ3v) is 7.19. The quantitative estimate of drug-likeness (QED) is 0.341. The smallest absolute Gasteiger partial charge is 0.230 e. The largest absolute Gasteiger partial charge is 0.486 e. The summed E-state index contributed by atoms with van der Waals surface area (Å²) in [6.45, 7) is 1.63. The second-order valence-corrected chi connectivity index (χ2v) is 9.78. The summed E-state index contributed by atoms with van der Waals surface area (Å²) < 4.78 is 11.2. The molecule has 0 spiro atoms. The first-order valence-electron chi connectivity index (χ1n) is 11.7. The molecule has 1 aliphatic heterocycles. The molecule has 1 aliphatic rings. The lowest BCUT2D eigenvalue weighted by Gasteiger charge is -2.20. The summed E-state index contributed by atoms with van der Waals surface area (Å²) in [5, 5.41) is 4.34. The summed E-state index contributed by atoms with van der Waals surface area (Å²) in [5.74, 6) is 1.86. The number of rotatable bonds is 8. The van der Waals surface area contributed by atoms with Gasteiger partial charge in [-0.2, -0.15) is 0 Å². The molecule has 35 heavy (non-hydrogen) atoms. The molecular formula is C28H29N3O3S. The molecule has 0 bridgehead atoms. The van der Waals surface area contributed by atoms with Gasteiger partial charge in [0.05, 0.1) is 5.75 Å². The highest BCUT2D eigenvalue weighted by Crippen LogP contribution is 2.34. The van der Waals surface area contributed by atoms with Gasteiger partial charge in [-0.3, -0.25) is 4.79 Å². The summed E-state index contributed by atoms with van der Waals surface area (Å²) >= 11 is 1.49. The summed E-state index contributed by atoms with van der Waals surface area (Å²) in [7, 11) is 4.07. The van der Waals surface area contributed by atoms with Gasteiger partial charge in [0.15, 0.2) is 11.5 Å². The summed E-state index contributed by atoms with van der Waals surface area (Å²) in [5.41, 5.74) is 4.59. The normalized spacial score (nSPS) is 13.4. The number of amides is 1. The van der Waals surface area contributed by atoms with Gasteiger partial charge in [0.2, 0.25) is 5.91 Å². The molecule has 0 radical (unpaired) electrons. The second kappa shape index (κ2) is 10.4. The minimum absolute atomic E-state index is 0.000331. The van der Waals surface area contributed by atoms with Crippen LogP contribution < -0.4 is 19.7 Å². The standard InChI is InChI=1S/C28H29N3O3S/c1-31(2)20-9-7-19(8-10-20)23(24-17-29-25-6-4-3-5-22(24)25)16-30-28(32)18-35-21-11-12-26-27(15-21)34-14-13-33-26/h3-12,15,17,23,29H,13-14,16,18H2,1-2H3,(H,30,32). The second-order valence-electron chi connectivity index (χ2n) is 8.73. The van der Waals surface area contributed by atoms with Crippen molar-refractivity contribution in [1.82, 2.24) is 10.3 Å². The molecule has 0 aliphatic carbocycles. The minimum atomic E-state index is -0.000331. The van der Waals surface area contributed by atoms with Crippen molar-refractivity contribution < 1.29 is 14.3 Å². The maximum absolute atomic E-state index is 12.8. The number of aromatic amines is 1. The highest BCUT2D eigenvalue weighted by molar-refractivity contribution is 8.00. The van der Waals surface area contributed by atoms with E-state index >= 15 is 0 Å². The van der Waals surface area contributed by atoms with Crippen LogP contribution in [0.2, 0.25) is 0 Å². The maximum Gasteiger partial charge on any atom is 0.230 e. The van der Waals surface area contributed by atoms with Crippen molar-refractivity contribution in [3.63, 3.8) is 0 Å². The average molecular weight is 488 g/mol. The number of hydrogen-bond donors (Lipinski definition) is 2. The number of hydrogen-bond acceptors (Lipinski definition) is 5. The van der Waals surface area contributed by atoms with Crippen LogP contribution in [0.4, 0.5) is 5.69 Å². The molecule has 2 N–H and O–H groups in total. The SMILES string of the molecule is CN(C)c1ccc(C(CNC(=O)CSc2ccc3c(c2)OCCO3)c2c[nH]c3ccccc23)cc1. The summed E-state index contributed by atoms with van der Waals surface area (Å²) in [6, 6.07) is 22.6. The highest BCUT2D eigenvalue weighted by Gasteiger charge is 2.20. The number of para-hydroxylation sites is 1. The van der Waals surface area contributed by atoms with Crippen LogP contribution in [0.15, 0.2) is 77.8 Å². The first-order valence-corrected chi connectivity index (χ1v) is 12.7. The Morgan fingerprint density at radius 1 is 1.03 bits per heavy atom. The number of nitrogens with one attached hydrogen (secondary N) is 2. The Morgan fingerprint density at radius 3 is 2.60 bits per heavy atom. The molecule has 180 valence electrons. The number of H-pyrrole nitrogens is 1. The Bertz CT molecular complexity index is 1320. The van der Waals surface area contributed by atoms with Crippen molar-refractivity contribution in [1.29, 1.82) is 0 Å². The van der Waals surface area contributed by atoms with Crippen LogP contribution in [0.5, 0.6) is 11.5 Å². The van der Waals surface area contributed by atoms with E-state index in [2.05, 4.69) is 63.9 Å². The Labute approximate surface area is 209 Å². The molecule has 1 aromatic heterocycles. The van der Waals surface area contributed by atoms with Gasteiger partial charge in [0.1, 0.15) is 13.2 Å².